The maximum atomic E-state index is 4.86. The minimum atomic E-state index is 0. The molecule has 0 amide bonds. The molecule has 22 heavy (non-hydrogen) atoms. The van der Waals surface area contributed by atoms with E-state index in [1.807, 2.05) is 11.3 Å². The summed E-state index contributed by atoms with van der Waals surface area (Å²) in [7, 11) is 0. The molecule has 2 fully saturated rings. The maximum Gasteiger partial charge on any atom is 0.194 e. The van der Waals surface area contributed by atoms with Crippen LogP contribution in [0.1, 0.15) is 26.2 Å². The summed E-state index contributed by atoms with van der Waals surface area (Å²) in [4.78, 5) is 9.77. The largest absolute Gasteiger partial charge is 0.360 e. The molecular weight excluding hydrogens is 407 g/mol. The van der Waals surface area contributed by atoms with E-state index in [9.17, 15) is 0 Å². The Kier molecular flexibility index (Phi) is 7.27. The van der Waals surface area contributed by atoms with Gasteiger partial charge < -0.3 is 15.1 Å². The van der Waals surface area contributed by atoms with Gasteiger partial charge in [0.05, 0.1) is 5.00 Å². The van der Waals surface area contributed by atoms with Gasteiger partial charge in [-0.1, -0.05) is 6.42 Å². The summed E-state index contributed by atoms with van der Waals surface area (Å²) in [6.45, 7) is 8.42. The van der Waals surface area contributed by atoms with Crippen LogP contribution in [-0.2, 0) is 0 Å². The van der Waals surface area contributed by atoms with Crippen molar-refractivity contribution >= 4 is 46.3 Å². The number of nitrogens with zero attached hydrogens (tertiary/aromatic N) is 3. The Labute approximate surface area is 155 Å². The Balaban J connectivity index is 0.00000176. The molecule has 1 aromatic heterocycles. The number of thiophene rings is 1. The molecule has 2 aliphatic rings. The van der Waals surface area contributed by atoms with Crippen molar-refractivity contribution in [2.45, 2.75) is 26.2 Å². The Bertz CT molecular complexity index is 451. The van der Waals surface area contributed by atoms with Crippen molar-refractivity contribution < 1.29 is 0 Å². The molecule has 1 aromatic rings. The maximum absolute atomic E-state index is 4.86. The number of nitrogens with one attached hydrogen (secondary N) is 1. The van der Waals surface area contributed by atoms with Gasteiger partial charge in [0.15, 0.2) is 5.96 Å². The second-order valence-electron chi connectivity index (χ2n) is 5.92. The predicted octanol–water partition coefficient (Wildman–Crippen LogP) is 3.25. The van der Waals surface area contributed by atoms with E-state index in [1.54, 1.807) is 0 Å². The van der Waals surface area contributed by atoms with E-state index in [0.29, 0.717) is 0 Å². The molecule has 0 aromatic carbocycles. The van der Waals surface area contributed by atoms with Gasteiger partial charge in [-0.2, -0.15) is 0 Å². The van der Waals surface area contributed by atoms with Crippen LogP contribution >= 0.6 is 35.3 Å². The molecule has 0 atom stereocenters. The van der Waals surface area contributed by atoms with E-state index in [-0.39, 0.29) is 24.0 Å². The minimum Gasteiger partial charge on any atom is -0.360 e. The van der Waals surface area contributed by atoms with Crippen LogP contribution in [0.4, 0.5) is 5.00 Å². The first-order valence-corrected chi connectivity index (χ1v) is 9.06. The van der Waals surface area contributed by atoms with E-state index < -0.39 is 0 Å². The Morgan fingerprint density at radius 3 is 2.64 bits per heavy atom. The minimum absolute atomic E-state index is 0. The molecule has 1 N–H and O–H groups in total. The van der Waals surface area contributed by atoms with Crippen LogP contribution in [0.2, 0.25) is 0 Å². The number of halogens is 1. The summed E-state index contributed by atoms with van der Waals surface area (Å²) in [5.41, 5.74) is 0. The van der Waals surface area contributed by atoms with Crippen molar-refractivity contribution in [3.05, 3.63) is 17.5 Å². The smallest absolute Gasteiger partial charge is 0.194 e. The van der Waals surface area contributed by atoms with E-state index in [2.05, 4.69) is 39.6 Å². The van der Waals surface area contributed by atoms with Gasteiger partial charge in [0.1, 0.15) is 0 Å². The quantitative estimate of drug-likeness (QED) is 0.449. The van der Waals surface area contributed by atoms with Crippen molar-refractivity contribution in [3.63, 3.8) is 0 Å². The molecular formula is C16H27IN4S. The number of anilines is 1. The molecule has 0 spiro atoms. The van der Waals surface area contributed by atoms with E-state index in [0.717, 1.165) is 51.1 Å². The highest BCUT2D eigenvalue weighted by atomic mass is 127. The molecule has 4 nitrogen and oxygen atoms in total. The zero-order valence-corrected chi connectivity index (χ0v) is 16.5. The Morgan fingerprint density at radius 1 is 1.32 bits per heavy atom. The number of piperazine rings is 1. The molecule has 2 heterocycles. The molecule has 124 valence electrons. The highest BCUT2D eigenvalue weighted by molar-refractivity contribution is 14.0. The molecule has 1 aliphatic heterocycles. The van der Waals surface area contributed by atoms with Crippen LogP contribution in [0.3, 0.4) is 0 Å². The lowest BCUT2D eigenvalue weighted by Crippen LogP contribution is -2.52. The van der Waals surface area contributed by atoms with Crippen molar-refractivity contribution in [1.82, 2.24) is 10.2 Å². The first-order valence-electron chi connectivity index (χ1n) is 8.18. The van der Waals surface area contributed by atoms with Crippen LogP contribution in [-0.4, -0.2) is 50.1 Å². The summed E-state index contributed by atoms with van der Waals surface area (Å²) in [5, 5.41) is 7.02. The molecule has 6 heteroatoms. The summed E-state index contributed by atoms with van der Waals surface area (Å²) < 4.78 is 0. The zero-order valence-electron chi connectivity index (χ0n) is 13.3. The van der Waals surface area contributed by atoms with Crippen LogP contribution in [0.5, 0.6) is 0 Å². The lowest BCUT2D eigenvalue weighted by atomic mass is 9.86. The SMILES string of the molecule is CCNC(=NCC1CCC1)N1CCN(c2cccs2)CC1.I. The van der Waals surface area contributed by atoms with Gasteiger partial charge in [-0.05, 0) is 43.2 Å². The van der Waals surface area contributed by atoms with Crippen LogP contribution < -0.4 is 10.2 Å². The molecule has 0 bridgehead atoms. The summed E-state index contributed by atoms with van der Waals surface area (Å²) in [5.74, 6) is 1.96. The second-order valence-corrected chi connectivity index (χ2v) is 6.84. The molecule has 1 aliphatic carbocycles. The van der Waals surface area contributed by atoms with Crippen molar-refractivity contribution in [3.8, 4) is 0 Å². The topological polar surface area (TPSA) is 30.9 Å². The van der Waals surface area contributed by atoms with Gasteiger partial charge in [0.2, 0.25) is 0 Å². The fourth-order valence-electron chi connectivity index (χ4n) is 2.91. The summed E-state index contributed by atoms with van der Waals surface area (Å²) in [6.07, 6.45) is 4.14. The lowest BCUT2D eigenvalue weighted by Gasteiger charge is -2.37. The van der Waals surface area contributed by atoms with Crippen LogP contribution in [0.25, 0.3) is 0 Å². The monoisotopic (exact) mass is 434 g/mol. The first kappa shape index (κ1) is 17.8. The highest BCUT2D eigenvalue weighted by Gasteiger charge is 2.21. The number of hydrogen-bond acceptors (Lipinski definition) is 3. The van der Waals surface area contributed by atoms with Gasteiger partial charge in [0, 0.05) is 39.3 Å². The average molecular weight is 434 g/mol. The van der Waals surface area contributed by atoms with E-state index >= 15 is 0 Å². The lowest BCUT2D eigenvalue weighted by molar-refractivity contribution is 0.320. The molecule has 1 saturated carbocycles. The number of aliphatic imine (C=N–C) groups is 1. The summed E-state index contributed by atoms with van der Waals surface area (Å²) >= 11 is 1.84. The standard InChI is InChI=1S/C16H26N4S.HI/c1-2-17-16(18-13-14-5-3-6-14)20-10-8-19(9-11-20)15-7-4-12-21-15;/h4,7,12,14H,2-3,5-6,8-11,13H2,1H3,(H,17,18);1H. The summed E-state index contributed by atoms with van der Waals surface area (Å²) in [6, 6.07) is 4.35. The molecule has 0 unspecified atom stereocenters. The number of hydrogen-bond donors (Lipinski definition) is 1. The Morgan fingerprint density at radius 2 is 2.09 bits per heavy atom. The van der Waals surface area contributed by atoms with Gasteiger partial charge in [-0.15, -0.1) is 35.3 Å². The third-order valence-corrected chi connectivity index (χ3v) is 5.38. The molecule has 0 radical (unpaired) electrons. The zero-order chi connectivity index (χ0) is 14.5. The molecule has 3 rings (SSSR count). The van der Waals surface area contributed by atoms with Gasteiger partial charge >= 0.3 is 0 Å². The second kappa shape index (κ2) is 8.96. The van der Waals surface area contributed by atoms with E-state index in [1.165, 1.54) is 24.3 Å². The van der Waals surface area contributed by atoms with Gasteiger partial charge in [-0.25, -0.2) is 0 Å². The van der Waals surface area contributed by atoms with Crippen LogP contribution in [0.15, 0.2) is 22.5 Å². The average Bonchev–Trinajstić information content (AvgIpc) is 2.99. The normalized spacial score (nSPS) is 19.6. The van der Waals surface area contributed by atoms with Crippen molar-refractivity contribution in [1.29, 1.82) is 0 Å². The van der Waals surface area contributed by atoms with Gasteiger partial charge in [-0.3, -0.25) is 4.99 Å². The van der Waals surface area contributed by atoms with Gasteiger partial charge in [0.25, 0.3) is 0 Å². The predicted molar refractivity (Wildman–Crippen MR) is 107 cm³/mol. The Hall–Kier alpha value is -0.500. The fraction of sp³-hybridized carbons (Fsp3) is 0.688. The third kappa shape index (κ3) is 4.50. The number of rotatable bonds is 4. The first-order chi connectivity index (χ1) is 10.4. The third-order valence-electron chi connectivity index (χ3n) is 4.46. The highest BCUT2D eigenvalue weighted by Crippen LogP contribution is 2.26. The van der Waals surface area contributed by atoms with Crippen molar-refractivity contribution in [2.24, 2.45) is 10.9 Å². The number of guanidine groups is 1. The molecule has 1 saturated heterocycles. The fourth-order valence-corrected chi connectivity index (χ4v) is 3.69. The van der Waals surface area contributed by atoms with Crippen molar-refractivity contribution in [2.75, 3.05) is 44.2 Å². The van der Waals surface area contributed by atoms with Crippen LogP contribution in [0, 0.1) is 5.92 Å². The van der Waals surface area contributed by atoms with E-state index in [4.69, 9.17) is 4.99 Å².